The van der Waals surface area contributed by atoms with Crippen molar-refractivity contribution in [3.63, 3.8) is 0 Å². The van der Waals surface area contributed by atoms with Crippen molar-refractivity contribution in [3.8, 4) is 0 Å². The second-order valence-corrected chi connectivity index (χ2v) is 9.59. The SMILES string of the molecule is O=C(NC12CC3CC(C1)CC(N1Cc4ccncc4C1=O)(C3)C2)c1cccnc1. The molecule has 4 bridgehead atoms. The van der Waals surface area contributed by atoms with E-state index in [1.165, 1.54) is 6.42 Å². The Kier molecular flexibility index (Phi) is 3.47. The molecule has 5 aliphatic rings. The highest BCUT2D eigenvalue weighted by molar-refractivity contribution is 5.98. The summed E-state index contributed by atoms with van der Waals surface area (Å²) in [7, 11) is 0. The molecule has 2 aromatic rings. The predicted molar refractivity (Wildman–Crippen MR) is 106 cm³/mol. The van der Waals surface area contributed by atoms with Crippen molar-refractivity contribution < 1.29 is 9.59 Å². The van der Waals surface area contributed by atoms with Gasteiger partial charge in [-0.15, -0.1) is 0 Å². The molecule has 3 heterocycles. The van der Waals surface area contributed by atoms with Gasteiger partial charge in [-0.2, -0.15) is 0 Å². The van der Waals surface area contributed by atoms with Crippen molar-refractivity contribution in [2.45, 2.75) is 56.1 Å². The Balaban J connectivity index is 1.32. The molecule has 1 N–H and O–H groups in total. The lowest BCUT2D eigenvalue weighted by Gasteiger charge is -2.64. The van der Waals surface area contributed by atoms with E-state index >= 15 is 0 Å². The molecule has 0 aromatic carbocycles. The molecule has 1 aliphatic heterocycles. The van der Waals surface area contributed by atoms with Crippen molar-refractivity contribution in [2.75, 3.05) is 0 Å². The molecule has 4 fully saturated rings. The number of nitrogens with one attached hydrogen (secondary N) is 1. The average molecular weight is 388 g/mol. The number of amides is 2. The number of hydrogen-bond donors (Lipinski definition) is 1. The molecule has 2 atom stereocenters. The van der Waals surface area contributed by atoms with Gasteiger partial charge in [0.25, 0.3) is 11.8 Å². The van der Waals surface area contributed by atoms with Gasteiger partial charge in [-0.3, -0.25) is 19.6 Å². The Morgan fingerprint density at radius 2 is 1.86 bits per heavy atom. The molecule has 4 aliphatic carbocycles. The van der Waals surface area contributed by atoms with E-state index in [-0.39, 0.29) is 22.9 Å². The molecule has 0 saturated heterocycles. The maximum absolute atomic E-state index is 13.3. The highest BCUT2D eigenvalue weighted by atomic mass is 16.2. The van der Waals surface area contributed by atoms with Crippen LogP contribution in [0.15, 0.2) is 43.0 Å². The first kappa shape index (κ1) is 17.1. The summed E-state index contributed by atoms with van der Waals surface area (Å²) in [6, 6.07) is 5.57. The highest BCUT2D eigenvalue weighted by Gasteiger charge is 2.61. The van der Waals surface area contributed by atoms with Crippen LogP contribution in [-0.2, 0) is 6.54 Å². The lowest BCUT2D eigenvalue weighted by atomic mass is 9.49. The van der Waals surface area contributed by atoms with Crippen molar-refractivity contribution >= 4 is 11.8 Å². The van der Waals surface area contributed by atoms with Crippen LogP contribution in [0.25, 0.3) is 0 Å². The van der Waals surface area contributed by atoms with Gasteiger partial charge in [0.15, 0.2) is 0 Å². The second kappa shape index (κ2) is 5.88. The van der Waals surface area contributed by atoms with Crippen LogP contribution in [0.2, 0.25) is 0 Å². The van der Waals surface area contributed by atoms with Crippen molar-refractivity contribution in [1.29, 1.82) is 0 Å². The third-order valence-electron chi connectivity index (χ3n) is 7.62. The zero-order valence-electron chi connectivity index (χ0n) is 16.3. The molecule has 2 amide bonds. The van der Waals surface area contributed by atoms with Crippen LogP contribution in [0.1, 0.15) is 64.8 Å². The van der Waals surface area contributed by atoms with E-state index in [4.69, 9.17) is 0 Å². The van der Waals surface area contributed by atoms with E-state index in [9.17, 15) is 9.59 Å². The molecular formula is C23H24N4O2. The average Bonchev–Trinajstić information content (AvgIpc) is 3.05. The maximum atomic E-state index is 13.3. The molecule has 6 heteroatoms. The Morgan fingerprint density at radius 3 is 2.59 bits per heavy atom. The van der Waals surface area contributed by atoms with Crippen LogP contribution in [0.4, 0.5) is 0 Å². The maximum Gasteiger partial charge on any atom is 0.256 e. The number of fused-ring (bicyclic) bond motifs is 1. The van der Waals surface area contributed by atoms with Crippen LogP contribution in [0.3, 0.4) is 0 Å². The highest BCUT2D eigenvalue weighted by Crippen LogP contribution is 2.60. The minimum atomic E-state index is -0.218. The number of nitrogens with zero attached hydrogens (tertiary/aromatic N) is 3. The van der Waals surface area contributed by atoms with Crippen molar-refractivity contribution in [3.05, 3.63) is 59.7 Å². The Labute approximate surface area is 169 Å². The first-order chi connectivity index (χ1) is 14.1. The van der Waals surface area contributed by atoms with Crippen LogP contribution in [-0.4, -0.2) is 37.8 Å². The van der Waals surface area contributed by atoms with E-state index in [0.717, 1.165) is 43.2 Å². The molecule has 0 spiro atoms. The molecule has 7 rings (SSSR count). The van der Waals surface area contributed by atoms with Gasteiger partial charge in [0.05, 0.1) is 11.1 Å². The van der Waals surface area contributed by atoms with E-state index in [2.05, 4.69) is 20.2 Å². The van der Waals surface area contributed by atoms with Crippen LogP contribution in [0.5, 0.6) is 0 Å². The van der Waals surface area contributed by atoms with Crippen LogP contribution >= 0.6 is 0 Å². The molecule has 2 unspecified atom stereocenters. The number of pyridine rings is 2. The number of carbonyl (C=O) groups is 2. The van der Waals surface area contributed by atoms with Gasteiger partial charge < -0.3 is 10.2 Å². The summed E-state index contributed by atoms with van der Waals surface area (Å²) in [4.78, 5) is 36.6. The Bertz CT molecular complexity index is 991. The van der Waals surface area contributed by atoms with Crippen molar-refractivity contribution in [1.82, 2.24) is 20.2 Å². The molecular weight excluding hydrogens is 364 g/mol. The van der Waals surface area contributed by atoms with Gasteiger partial charge in [-0.25, -0.2) is 0 Å². The summed E-state index contributed by atoms with van der Waals surface area (Å²) in [5.41, 5.74) is 2.06. The van der Waals surface area contributed by atoms with E-state index in [0.29, 0.717) is 23.9 Å². The predicted octanol–water partition coefficient (Wildman–Crippen LogP) is 2.95. The van der Waals surface area contributed by atoms with Gasteiger partial charge in [0.2, 0.25) is 0 Å². The first-order valence-corrected chi connectivity index (χ1v) is 10.5. The van der Waals surface area contributed by atoms with Gasteiger partial charge >= 0.3 is 0 Å². The fourth-order valence-corrected chi connectivity index (χ4v) is 7.01. The quantitative estimate of drug-likeness (QED) is 0.877. The normalized spacial score (nSPS) is 34.3. The number of rotatable bonds is 3. The summed E-state index contributed by atoms with van der Waals surface area (Å²) in [5, 5.41) is 3.40. The number of hydrogen-bond acceptors (Lipinski definition) is 4. The number of aromatic nitrogens is 2. The molecule has 2 aromatic heterocycles. The van der Waals surface area contributed by atoms with E-state index < -0.39 is 0 Å². The third-order valence-corrected chi connectivity index (χ3v) is 7.62. The van der Waals surface area contributed by atoms with Crippen molar-refractivity contribution in [2.24, 2.45) is 11.8 Å². The summed E-state index contributed by atoms with van der Waals surface area (Å²) < 4.78 is 0. The number of carbonyl (C=O) groups excluding carboxylic acids is 2. The van der Waals surface area contributed by atoms with Gasteiger partial charge in [-0.1, -0.05) is 0 Å². The first-order valence-electron chi connectivity index (χ1n) is 10.5. The van der Waals surface area contributed by atoms with Gasteiger partial charge in [0.1, 0.15) is 0 Å². The Morgan fingerprint density at radius 1 is 1.07 bits per heavy atom. The topological polar surface area (TPSA) is 75.2 Å². The Hall–Kier alpha value is -2.76. The van der Waals surface area contributed by atoms with E-state index in [1.54, 1.807) is 30.9 Å². The third kappa shape index (κ3) is 2.54. The van der Waals surface area contributed by atoms with Crippen LogP contribution in [0, 0.1) is 11.8 Å². The standard InChI is InChI=1S/C23H24N4O2/c28-20(17-2-1-4-24-11-17)26-22-7-15-6-16(8-22)10-23(9-15,14-22)27-13-18-3-5-25-12-19(18)21(27)29/h1-5,11-12,15-16H,6-10,13-14H2,(H,26,28). The summed E-state index contributed by atoms with van der Waals surface area (Å²) in [6.45, 7) is 0.669. The van der Waals surface area contributed by atoms with E-state index in [1.807, 2.05) is 12.1 Å². The zero-order chi connectivity index (χ0) is 19.6. The smallest absolute Gasteiger partial charge is 0.256 e. The lowest BCUT2D eigenvalue weighted by Crippen LogP contribution is -2.69. The lowest BCUT2D eigenvalue weighted by molar-refractivity contribution is -0.0938. The minimum Gasteiger partial charge on any atom is -0.346 e. The zero-order valence-corrected chi connectivity index (χ0v) is 16.3. The summed E-state index contributed by atoms with van der Waals surface area (Å²) in [5.74, 6) is 1.21. The van der Waals surface area contributed by atoms with Gasteiger partial charge in [-0.05, 0) is 74.1 Å². The monoisotopic (exact) mass is 388 g/mol. The molecule has 6 nitrogen and oxygen atoms in total. The molecule has 4 saturated carbocycles. The second-order valence-electron chi connectivity index (χ2n) is 9.59. The minimum absolute atomic E-state index is 0.0459. The fourth-order valence-electron chi connectivity index (χ4n) is 7.01. The largest absolute Gasteiger partial charge is 0.346 e. The fraction of sp³-hybridized carbons (Fsp3) is 0.478. The molecule has 29 heavy (non-hydrogen) atoms. The van der Waals surface area contributed by atoms with Crippen LogP contribution < -0.4 is 5.32 Å². The molecule has 148 valence electrons. The summed E-state index contributed by atoms with van der Waals surface area (Å²) >= 11 is 0. The molecule has 0 radical (unpaired) electrons. The van der Waals surface area contributed by atoms with Gasteiger partial charge in [0, 0.05) is 42.4 Å². The summed E-state index contributed by atoms with van der Waals surface area (Å²) in [6.07, 6.45) is 13.0.